The lowest BCUT2D eigenvalue weighted by molar-refractivity contribution is 0.556. The molecule has 3 nitrogen and oxygen atoms in total. The van der Waals surface area contributed by atoms with E-state index in [4.69, 9.17) is 0 Å². The standard InChI is InChI=1S/C14H19N3S/c1-10(8-15-11-6-7-11)9-18-14-16-12-4-2-3-5-13(12)17-14/h2-5,10-11,15H,6-9H2,1H3,(H,16,17). The number of rotatable bonds is 6. The molecule has 1 aliphatic carbocycles. The number of hydrogen-bond acceptors (Lipinski definition) is 3. The first kappa shape index (κ1) is 12.1. The van der Waals surface area contributed by atoms with Crippen molar-refractivity contribution >= 4 is 22.8 Å². The molecular weight excluding hydrogens is 242 g/mol. The molecule has 1 fully saturated rings. The van der Waals surface area contributed by atoms with Gasteiger partial charge in [-0.3, -0.25) is 0 Å². The highest BCUT2D eigenvalue weighted by Crippen LogP contribution is 2.22. The van der Waals surface area contributed by atoms with Crippen molar-refractivity contribution in [1.82, 2.24) is 15.3 Å². The summed E-state index contributed by atoms with van der Waals surface area (Å²) in [7, 11) is 0. The van der Waals surface area contributed by atoms with Crippen molar-refractivity contribution in [3.05, 3.63) is 24.3 Å². The number of benzene rings is 1. The molecule has 1 aliphatic rings. The van der Waals surface area contributed by atoms with Crippen LogP contribution in [0.15, 0.2) is 29.4 Å². The summed E-state index contributed by atoms with van der Waals surface area (Å²) >= 11 is 1.82. The average molecular weight is 261 g/mol. The van der Waals surface area contributed by atoms with Gasteiger partial charge in [-0.15, -0.1) is 0 Å². The first-order valence-electron chi connectivity index (χ1n) is 6.62. The fourth-order valence-corrected chi connectivity index (χ4v) is 2.84. The summed E-state index contributed by atoms with van der Waals surface area (Å²) in [5, 5.41) is 4.61. The van der Waals surface area contributed by atoms with Crippen molar-refractivity contribution in [3.63, 3.8) is 0 Å². The number of thioether (sulfide) groups is 1. The molecule has 0 amide bonds. The van der Waals surface area contributed by atoms with Crippen molar-refractivity contribution in [1.29, 1.82) is 0 Å². The highest BCUT2D eigenvalue weighted by molar-refractivity contribution is 7.99. The molecule has 0 radical (unpaired) electrons. The number of para-hydroxylation sites is 2. The summed E-state index contributed by atoms with van der Waals surface area (Å²) in [6.45, 7) is 3.42. The smallest absolute Gasteiger partial charge is 0.166 e. The first-order chi connectivity index (χ1) is 8.81. The third-order valence-electron chi connectivity index (χ3n) is 3.20. The predicted octanol–water partition coefficient (Wildman–Crippen LogP) is 3.04. The summed E-state index contributed by atoms with van der Waals surface area (Å²) in [6.07, 6.45) is 2.73. The Balaban J connectivity index is 1.51. The maximum absolute atomic E-state index is 4.58. The molecule has 2 aromatic rings. The molecule has 2 N–H and O–H groups in total. The van der Waals surface area contributed by atoms with Crippen LogP contribution in [0, 0.1) is 5.92 Å². The van der Waals surface area contributed by atoms with Crippen LogP contribution in [0.25, 0.3) is 11.0 Å². The second-order valence-corrected chi connectivity index (χ2v) is 6.17. The van der Waals surface area contributed by atoms with Crippen LogP contribution < -0.4 is 5.32 Å². The second kappa shape index (κ2) is 5.33. The molecule has 0 spiro atoms. The predicted molar refractivity (Wildman–Crippen MR) is 77.0 cm³/mol. The van der Waals surface area contributed by atoms with Crippen LogP contribution in [-0.2, 0) is 0 Å². The van der Waals surface area contributed by atoms with Gasteiger partial charge in [-0.25, -0.2) is 4.98 Å². The third kappa shape index (κ3) is 3.06. The van der Waals surface area contributed by atoms with Crippen LogP contribution in [0.1, 0.15) is 19.8 Å². The molecule has 96 valence electrons. The van der Waals surface area contributed by atoms with Crippen LogP contribution in [0.2, 0.25) is 0 Å². The van der Waals surface area contributed by atoms with E-state index in [1.165, 1.54) is 12.8 Å². The molecule has 0 aliphatic heterocycles. The van der Waals surface area contributed by atoms with Crippen molar-refractivity contribution in [3.8, 4) is 0 Å². The number of hydrogen-bond donors (Lipinski definition) is 2. The molecule has 1 aromatic carbocycles. The number of H-pyrrole nitrogens is 1. The Morgan fingerprint density at radius 2 is 2.28 bits per heavy atom. The summed E-state index contributed by atoms with van der Waals surface area (Å²) in [4.78, 5) is 7.94. The van der Waals surface area contributed by atoms with Crippen molar-refractivity contribution in [2.45, 2.75) is 31.0 Å². The van der Waals surface area contributed by atoms with Crippen LogP contribution in [0.5, 0.6) is 0 Å². The van der Waals surface area contributed by atoms with Crippen LogP contribution in [-0.4, -0.2) is 28.3 Å². The van der Waals surface area contributed by atoms with E-state index in [-0.39, 0.29) is 0 Å². The van der Waals surface area contributed by atoms with Gasteiger partial charge < -0.3 is 10.3 Å². The largest absolute Gasteiger partial charge is 0.333 e. The molecule has 1 heterocycles. The normalized spacial score (nSPS) is 17.2. The molecular formula is C14H19N3S. The minimum Gasteiger partial charge on any atom is -0.333 e. The summed E-state index contributed by atoms with van der Waals surface area (Å²) in [6, 6.07) is 9.00. The van der Waals surface area contributed by atoms with E-state index in [1.54, 1.807) is 0 Å². The number of nitrogens with one attached hydrogen (secondary N) is 2. The Labute approximate surface area is 112 Å². The molecule has 0 saturated heterocycles. The maximum atomic E-state index is 4.58. The zero-order valence-corrected chi connectivity index (χ0v) is 11.5. The van der Waals surface area contributed by atoms with Crippen molar-refractivity contribution in [2.24, 2.45) is 5.92 Å². The fraction of sp³-hybridized carbons (Fsp3) is 0.500. The lowest BCUT2D eigenvalue weighted by Gasteiger charge is -2.10. The number of imidazole rings is 1. The molecule has 4 heteroatoms. The van der Waals surface area contributed by atoms with E-state index < -0.39 is 0 Å². The number of aromatic amines is 1. The number of fused-ring (bicyclic) bond motifs is 1. The number of nitrogens with zero attached hydrogens (tertiary/aromatic N) is 1. The van der Waals surface area contributed by atoms with E-state index in [0.29, 0.717) is 5.92 Å². The molecule has 1 atom stereocenters. The highest BCUT2D eigenvalue weighted by Gasteiger charge is 2.20. The van der Waals surface area contributed by atoms with Gasteiger partial charge in [-0.2, -0.15) is 0 Å². The Morgan fingerprint density at radius 3 is 3.06 bits per heavy atom. The minimum atomic E-state index is 0.684. The molecule has 1 aromatic heterocycles. The summed E-state index contributed by atoms with van der Waals surface area (Å²) in [5.74, 6) is 1.79. The highest BCUT2D eigenvalue weighted by atomic mass is 32.2. The molecule has 18 heavy (non-hydrogen) atoms. The maximum Gasteiger partial charge on any atom is 0.166 e. The Kier molecular flexibility index (Phi) is 3.57. The zero-order chi connectivity index (χ0) is 12.4. The van der Waals surface area contributed by atoms with Gasteiger partial charge in [-0.1, -0.05) is 30.8 Å². The van der Waals surface area contributed by atoms with Gasteiger partial charge in [0.15, 0.2) is 5.16 Å². The van der Waals surface area contributed by atoms with E-state index in [0.717, 1.165) is 34.5 Å². The lowest BCUT2D eigenvalue weighted by atomic mass is 10.2. The summed E-state index contributed by atoms with van der Waals surface area (Å²) < 4.78 is 0. The average Bonchev–Trinajstić information content (AvgIpc) is 3.11. The number of aromatic nitrogens is 2. The molecule has 1 unspecified atom stereocenters. The Morgan fingerprint density at radius 1 is 1.44 bits per heavy atom. The topological polar surface area (TPSA) is 40.7 Å². The van der Waals surface area contributed by atoms with Gasteiger partial charge >= 0.3 is 0 Å². The fourth-order valence-electron chi connectivity index (χ4n) is 1.93. The third-order valence-corrected chi connectivity index (χ3v) is 4.41. The van der Waals surface area contributed by atoms with Crippen LogP contribution in [0.3, 0.4) is 0 Å². The molecule has 3 rings (SSSR count). The Bertz CT molecular complexity index is 485. The lowest BCUT2D eigenvalue weighted by Crippen LogP contribution is -2.24. The van der Waals surface area contributed by atoms with Gasteiger partial charge in [-0.05, 0) is 37.4 Å². The monoisotopic (exact) mass is 261 g/mol. The quantitative estimate of drug-likeness (QED) is 0.785. The van der Waals surface area contributed by atoms with Gasteiger partial charge in [0.05, 0.1) is 11.0 Å². The van der Waals surface area contributed by atoms with Crippen molar-refractivity contribution < 1.29 is 0 Å². The van der Waals surface area contributed by atoms with Crippen molar-refractivity contribution in [2.75, 3.05) is 12.3 Å². The molecule has 1 saturated carbocycles. The van der Waals surface area contributed by atoms with Crippen LogP contribution >= 0.6 is 11.8 Å². The molecule has 0 bridgehead atoms. The van der Waals surface area contributed by atoms with E-state index in [9.17, 15) is 0 Å². The van der Waals surface area contributed by atoms with E-state index >= 15 is 0 Å². The van der Waals surface area contributed by atoms with E-state index in [2.05, 4.69) is 28.3 Å². The van der Waals surface area contributed by atoms with Gasteiger partial charge in [0.1, 0.15) is 0 Å². The van der Waals surface area contributed by atoms with Gasteiger partial charge in [0.2, 0.25) is 0 Å². The zero-order valence-electron chi connectivity index (χ0n) is 10.6. The van der Waals surface area contributed by atoms with Crippen LogP contribution in [0.4, 0.5) is 0 Å². The second-order valence-electron chi connectivity index (χ2n) is 5.16. The SMILES string of the molecule is CC(CNC1CC1)CSc1nc2ccccc2[nH]1. The van der Waals surface area contributed by atoms with Gasteiger partial charge in [0.25, 0.3) is 0 Å². The summed E-state index contributed by atoms with van der Waals surface area (Å²) in [5.41, 5.74) is 2.19. The van der Waals surface area contributed by atoms with E-state index in [1.807, 2.05) is 30.0 Å². The first-order valence-corrected chi connectivity index (χ1v) is 7.61. The Hall–Kier alpha value is -1.00. The minimum absolute atomic E-state index is 0.684. The van der Waals surface area contributed by atoms with Gasteiger partial charge in [0, 0.05) is 11.8 Å².